The van der Waals surface area contributed by atoms with Gasteiger partial charge in [-0.15, -0.1) is 11.3 Å². The van der Waals surface area contributed by atoms with E-state index < -0.39 is 0 Å². The summed E-state index contributed by atoms with van der Waals surface area (Å²) in [5.41, 5.74) is 3.66. The number of amides is 1. The maximum atomic E-state index is 13.0. The average molecular weight is 409 g/mol. The Morgan fingerprint density at radius 2 is 1.97 bits per heavy atom. The van der Waals surface area contributed by atoms with Crippen LogP contribution in [0.4, 0.5) is 11.6 Å². The largest absolute Gasteiger partial charge is 0.337 e. The van der Waals surface area contributed by atoms with Gasteiger partial charge >= 0.3 is 0 Å². The summed E-state index contributed by atoms with van der Waals surface area (Å²) in [6.07, 6.45) is 5.39. The van der Waals surface area contributed by atoms with Crippen LogP contribution in [-0.2, 0) is 0 Å². The Kier molecular flexibility index (Phi) is 5.53. The number of carbonyl (C=O) groups excluding carboxylic acids is 1. The molecule has 0 bridgehead atoms. The average Bonchev–Trinajstić information content (AvgIpc) is 3.06. The number of pyridine rings is 1. The molecule has 4 heterocycles. The van der Waals surface area contributed by atoms with Crippen LogP contribution >= 0.6 is 11.3 Å². The van der Waals surface area contributed by atoms with E-state index >= 15 is 0 Å². The zero-order chi connectivity index (χ0) is 20.4. The van der Waals surface area contributed by atoms with Gasteiger partial charge in [-0.3, -0.25) is 9.78 Å². The number of nitrogens with one attached hydrogen (secondary N) is 1. The number of hydrogen-bond donors (Lipinski definition) is 1. The van der Waals surface area contributed by atoms with Crippen LogP contribution in [-0.4, -0.2) is 43.8 Å². The molecule has 1 atom stereocenters. The summed E-state index contributed by atoms with van der Waals surface area (Å²) in [5, 5.41) is 4.17. The quantitative estimate of drug-likeness (QED) is 0.702. The third-order valence-electron chi connectivity index (χ3n) is 5.02. The lowest BCUT2D eigenvalue weighted by atomic mass is 9.93. The number of nitrogens with zero attached hydrogens (tertiary/aromatic N) is 5. The van der Waals surface area contributed by atoms with Crippen LogP contribution < -0.4 is 5.32 Å². The Morgan fingerprint density at radius 3 is 2.69 bits per heavy atom. The van der Waals surface area contributed by atoms with Crippen LogP contribution in [0.2, 0.25) is 0 Å². The van der Waals surface area contributed by atoms with Gasteiger partial charge in [-0.1, -0.05) is 0 Å². The maximum Gasteiger partial charge on any atom is 0.265 e. The van der Waals surface area contributed by atoms with Gasteiger partial charge in [-0.05, 0) is 51.8 Å². The first-order valence-corrected chi connectivity index (χ1v) is 10.6. The van der Waals surface area contributed by atoms with Gasteiger partial charge in [0.2, 0.25) is 5.95 Å². The van der Waals surface area contributed by atoms with E-state index in [2.05, 4.69) is 20.3 Å². The minimum Gasteiger partial charge on any atom is -0.337 e. The highest BCUT2D eigenvalue weighted by Gasteiger charge is 2.28. The van der Waals surface area contributed by atoms with E-state index in [1.165, 1.54) is 11.3 Å². The first-order valence-electron chi connectivity index (χ1n) is 9.75. The molecule has 7 nitrogen and oxygen atoms in total. The minimum absolute atomic E-state index is 0.0847. The van der Waals surface area contributed by atoms with Crippen molar-refractivity contribution >= 4 is 28.9 Å². The molecular formula is C21H24N6OS. The molecule has 29 heavy (non-hydrogen) atoms. The summed E-state index contributed by atoms with van der Waals surface area (Å²) < 4.78 is 0. The summed E-state index contributed by atoms with van der Waals surface area (Å²) in [6.45, 7) is 7.28. The first kappa shape index (κ1) is 19.4. The Labute approximate surface area is 174 Å². The highest BCUT2D eigenvalue weighted by Crippen LogP contribution is 2.30. The van der Waals surface area contributed by atoms with Gasteiger partial charge in [-0.2, -0.15) is 0 Å². The third-order valence-corrected chi connectivity index (χ3v) is 6.08. The van der Waals surface area contributed by atoms with Gasteiger partial charge in [0.15, 0.2) is 0 Å². The zero-order valence-corrected chi connectivity index (χ0v) is 17.7. The smallest absolute Gasteiger partial charge is 0.265 e. The minimum atomic E-state index is 0.0847. The van der Waals surface area contributed by atoms with E-state index in [-0.39, 0.29) is 11.8 Å². The summed E-state index contributed by atoms with van der Waals surface area (Å²) in [4.78, 5) is 33.4. The fraction of sp³-hybridized carbons (Fsp3) is 0.381. The van der Waals surface area contributed by atoms with Crippen molar-refractivity contribution in [1.29, 1.82) is 0 Å². The Hall–Kier alpha value is -2.87. The number of aryl methyl sites for hydroxylation is 3. The zero-order valence-electron chi connectivity index (χ0n) is 16.8. The lowest BCUT2D eigenvalue weighted by Crippen LogP contribution is -2.39. The Morgan fingerprint density at radius 1 is 1.17 bits per heavy atom. The van der Waals surface area contributed by atoms with E-state index in [9.17, 15) is 4.79 Å². The number of aromatic nitrogens is 4. The third kappa shape index (κ3) is 4.42. The molecule has 0 spiro atoms. The van der Waals surface area contributed by atoms with Gasteiger partial charge in [0.1, 0.15) is 4.88 Å². The Balaban J connectivity index is 1.53. The van der Waals surface area contributed by atoms with Crippen molar-refractivity contribution in [2.75, 3.05) is 18.4 Å². The molecule has 1 N–H and O–H groups in total. The predicted molar refractivity (Wildman–Crippen MR) is 114 cm³/mol. The second-order valence-electron chi connectivity index (χ2n) is 7.36. The van der Waals surface area contributed by atoms with Crippen molar-refractivity contribution in [2.24, 2.45) is 0 Å². The van der Waals surface area contributed by atoms with Gasteiger partial charge in [0.05, 0.1) is 10.7 Å². The molecule has 0 aliphatic carbocycles. The molecule has 150 valence electrons. The number of carbonyl (C=O) groups is 1. The topological polar surface area (TPSA) is 83.9 Å². The van der Waals surface area contributed by atoms with E-state index in [4.69, 9.17) is 4.98 Å². The molecule has 1 aliphatic heterocycles. The molecule has 8 heteroatoms. The summed E-state index contributed by atoms with van der Waals surface area (Å²) in [6, 6.07) is 5.81. The number of anilines is 2. The fourth-order valence-electron chi connectivity index (χ4n) is 3.74. The van der Waals surface area contributed by atoms with E-state index in [0.717, 1.165) is 52.0 Å². The van der Waals surface area contributed by atoms with Crippen molar-refractivity contribution in [3.05, 3.63) is 57.6 Å². The number of thiazole rings is 1. The molecule has 1 fully saturated rings. The normalized spacial score (nSPS) is 16.7. The summed E-state index contributed by atoms with van der Waals surface area (Å²) >= 11 is 1.48. The second-order valence-corrected chi connectivity index (χ2v) is 8.56. The summed E-state index contributed by atoms with van der Waals surface area (Å²) in [5.74, 6) is 0.848. The molecule has 1 aliphatic rings. The van der Waals surface area contributed by atoms with Gasteiger partial charge in [0, 0.05) is 48.5 Å². The monoisotopic (exact) mass is 408 g/mol. The van der Waals surface area contributed by atoms with Crippen molar-refractivity contribution in [3.8, 4) is 0 Å². The molecular weight excluding hydrogens is 384 g/mol. The molecule has 3 aromatic heterocycles. The van der Waals surface area contributed by atoms with Crippen LogP contribution in [0.3, 0.4) is 0 Å². The molecule has 0 unspecified atom stereocenters. The van der Waals surface area contributed by atoms with E-state index in [0.29, 0.717) is 12.5 Å². The molecule has 1 saturated heterocycles. The molecule has 3 aromatic rings. The molecule has 0 radical (unpaired) electrons. The highest BCUT2D eigenvalue weighted by molar-refractivity contribution is 7.13. The van der Waals surface area contributed by atoms with Crippen LogP contribution in [0.1, 0.15) is 50.5 Å². The van der Waals surface area contributed by atoms with Crippen molar-refractivity contribution in [2.45, 2.75) is 39.5 Å². The number of piperidine rings is 1. The highest BCUT2D eigenvalue weighted by atomic mass is 32.1. The molecule has 4 rings (SSSR count). The number of rotatable bonds is 4. The second kappa shape index (κ2) is 8.24. The van der Waals surface area contributed by atoms with Crippen LogP contribution in [0.25, 0.3) is 0 Å². The van der Waals surface area contributed by atoms with Gasteiger partial charge in [-0.25, -0.2) is 15.0 Å². The van der Waals surface area contributed by atoms with Crippen LogP contribution in [0.5, 0.6) is 0 Å². The number of hydrogen-bond acceptors (Lipinski definition) is 7. The van der Waals surface area contributed by atoms with E-state index in [1.54, 1.807) is 18.5 Å². The number of likely N-dealkylation sites (tertiary alicyclic amines) is 1. The maximum absolute atomic E-state index is 13.0. The lowest BCUT2D eigenvalue weighted by Gasteiger charge is -2.32. The SMILES string of the molecule is Cc1cc(Nc2ncccn2)cc([C@H]2CCCN(C(=O)c3sc(C)nc3C)C2)n1. The fourth-order valence-corrected chi connectivity index (χ4v) is 4.63. The van der Waals surface area contributed by atoms with E-state index in [1.807, 2.05) is 37.8 Å². The van der Waals surface area contributed by atoms with Crippen molar-refractivity contribution in [1.82, 2.24) is 24.8 Å². The van der Waals surface area contributed by atoms with Crippen LogP contribution in [0, 0.1) is 20.8 Å². The van der Waals surface area contributed by atoms with Crippen molar-refractivity contribution in [3.63, 3.8) is 0 Å². The molecule has 0 saturated carbocycles. The standard InChI is InChI=1S/C21H24N6OS/c1-13-10-17(26-21-22-7-5-8-23-21)11-18(24-13)16-6-4-9-27(12-16)20(28)19-14(2)25-15(3)29-19/h5,7-8,10-11,16H,4,6,9,12H2,1-3H3,(H,22,23,24,26)/t16-/m0/s1. The van der Waals surface area contributed by atoms with Crippen molar-refractivity contribution < 1.29 is 4.79 Å². The summed E-state index contributed by atoms with van der Waals surface area (Å²) in [7, 11) is 0. The van der Waals surface area contributed by atoms with Gasteiger partial charge in [0.25, 0.3) is 5.91 Å². The van der Waals surface area contributed by atoms with Crippen LogP contribution in [0.15, 0.2) is 30.6 Å². The molecule has 1 amide bonds. The lowest BCUT2D eigenvalue weighted by molar-refractivity contribution is 0.0710. The Bertz CT molecular complexity index is 1020. The van der Waals surface area contributed by atoms with Gasteiger partial charge < -0.3 is 10.2 Å². The predicted octanol–water partition coefficient (Wildman–Crippen LogP) is 4.02. The first-order chi connectivity index (χ1) is 14.0. The molecule has 0 aromatic carbocycles.